The van der Waals surface area contributed by atoms with Crippen molar-refractivity contribution in [2.45, 2.75) is 75.0 Å². The van der Waals surface area contributed by atoms with Gasteiger partial charge in [0.05, 0.1) is 16.6 Å². The lowest BCUT2D eigenvalue weighted by molar-refractivity contribution is -0.144. The van der Waals surface area contributed by atoms with Crippen molar-refractivity contribution in [1.82, 2.24) is 9.80 Å². The molecule has 3 heterocycles. The van der Waals surface area contributed by atoms with Crippen LogP contribution in [0.3, 0.4) is 0 Å². The van der Waals surface area contributed by atoms with E-state index < -0.39 is 22.6 Å². The maximum absolute atomic E-state index is 14.6. The van der Waals surface area contributed by atoms with Gasteiger partial charge in [-0.05, 0) is 50.7 Å². The SMILES string of the molecule is C=CCN(C(=O)[C@@H]1[C@@H]2CC(C)C3(S2)C(C(=O)N(CC=C)C(C)CCC)N(CCCCO)C(=O)[C@H]13)c1ccccc1. The van der Waals surface area contributed by atoms with Crippen molar-refractivity contribution >= 4 is 35.2 Å². The molecule has 0 aliphatic carbocycles. The summed E-state index contributed by atoms with van der Waals surface area (Å²) in [6, 6.07) is 8.91. The Kier molecular flexibility index (Phi) is 9.83. The summed E-state index contributed by atoms with van der Waals surface area (Å²) < 4.78 is -0.666. The van der Waals surface area contributed by atoms with E-state index in [2.05, 4.69) is 33.9 Å². The molecule has 0 saturated carbocycles. The number of hydrogen-bond donors (Lipinski definition) is 1. The van der Waals surface area contributed by atoms with E-state index in [-0.39, 0.29) is 41.5 Å². The molecule has 2 bridgehead atoms. The number of aliphatic hydroxyl groups excluding tert-OH is 1. The standard InChI is InChI=1S/C32H45N3O4S/c1-6-14-23(5)33(17-7-2)31(39)28-32-22(4)21-25(40-32)26(27(32)30(38)35(28)19-12-13-20-36)29(37)34(18-8-3)24-15-10-9-11-16-24/h7-11,15-16,22-23,25-28,36H,2-3,6,12-14,17-21H2,1,4-5H3/t22?,23?,25-,26+,27-,28?,32?/m0/s1. The van der Waals surface area contributed by atoms with E-state index in [1.54, 1.807) is 33.7 Å². The van der Waals surface area contributed by atoms with Crippen LogP contribution in [0.1, 0.15) is 52.9 Å². The van der Waals surface area contributed by atoms with Gasteiger partial charge in [0.1, 0.15) is 6.04 Å². The first-order chi connectivity index (χ1) is 19.3. The molecular formula is C32H45N3O4S. The second-order valence-electron chi connectivity index (χ2n) is 11.5. The summed E-state index contributed by atoms with van der Waals surface area (Å²) in [6.45, 7) is 15.3. The molecule has 7 atom stereocenters. The van der Waals surface area contributed by atoms with E-state index in [1.165, 1.54) is 0 Å². The number of aliphatic hydroxyl groups is 1. The van der Waals surface area contributed by atoms with Crippen LogP contribution in [-0.2, 0) is 14.4 Å². The van der Waals surface area contributed by atoms with Crippen LogP contribution in [0, 0.1) is 17.8 Å². The molecule has 1 aromatic carbocycles. The number of fused-ring (bicyclic) bond motifs is 1. The third-order valence-corrected chi connectivity index (χ3v) is 11.1. The summed E-state index contributed by atoms with van der Waals surface area (Å²) in [5, 5.41) is 9.44. The monoisotopic (exact) mass is 567 g/mol. The molecule has 0 aromatic heterocycles. The van der Waals surface area contributed by atoms with Gasteiger partial charge in [-0.25, -0.2) is 0 Å². The zero-order chi connectivity index (χ0) is 29.0. The molecule has 4 unspecified atom stereocenters. The van der Waals surface area contributed by atoms with Crippen LogP contribution in [0.4, 0.5) is 5.69 Å². The third kappa shape index (κ3) is 5.13. The molecule has 3 aliphatic rings. The Bertz CT molecular complexity index is 1100. The molecule has 0 radical (unpaired) electrons. The molecule has 3 aliphatic heterocycles. The molecule has 218 valence electrons. The smallest absolute Gasteiger partial charge is 0.247 e. The highest BCUT2D eigenvalue weighted by atomic mass is 32.2. The number of amides is 3. The van der Waals surface area contributed by atoms with E-state index in [9.17, 15) is 19.5 Å². The Morgan fingerprint density at radius 2 is 1.88 bits per heavy atom. The molecule has 1 spiro atoms. The third-order valence-electron chi connectivity index (χ3n) is 9.06. The molecule has 1 N–H and O–H groups in total. The number of anilines is 1. The van der Waals surface area contributed by atoms with E-state index in [0.29, 0.717) is 32.5 Å². The predicted octanol–water partition coefficient (Wildman–Crippen LogP) is 4.52. The maximum atomic E-state index is 14.6. The number of carbonyl (C=O) groups excluding carboxylic acids is 3. The molecule has 3 saturated heterocycles. The fourth-order valence-corrected chi connectivity index (χ4v) is 9.72. The van der Waals surface area contributed by atoms with Gasteiger partial charge in [-0.3, -0.25) is 14.4 Å². The largest absolute Gasteiger partial charge is 0.396 e. The first-order valence-corrected chi connectivity index (χ1v) is 15.6. The van der Waals surface area contributed by atoms with Gasteiger partial charge in [-0.15, -0.1) is 24.9 Å². The normalized spacial score (nSPS) is 29.2. The minimum absolute atomic E-state index is 0.0119. The molecule has 8 heteroatoms. The molecular weight excluding hydrogens is 522 g/mol. The van der Waals surface area contributed by atoms with Gasteiger partial charge < -0.3 is 19.8 Å². The van der Waals surface area contributed by atoms with Crippen molar-refractivity contribution in [1.29, 1.82) is 0 Å². The quantitative estimate of drug-likeness (QED) is 0.264. The highest BCUT2D eigenvalue weighted by Crippen LogP contribution is 2.69. The van der Waals surface area contributed by atoms with Crippen LogP contribution in [0.5, 0.6) is 0 Å². The van der Waals surface area contributed by atoms with Gasteiger partial charge >= 0.3 is 0 Å². The number of carbonyl (C=O) groups is 3. The lowest BCUT2D eigenvalue weighted by Crippen LogP contribution is -2.58. The van der Waals surface area contributed by atoms with Crippen molar-refractivity contribution in [3.05, 3.63) is 55.6 Å². The van der Waals surface area contributed by atoms with Crippen LogP contribution < -0.4 is 4.90 Å². The van der Waals surface area contributed by atoms with E-state index in [1.807, 2.05) is 35.2 Å². The minimum atomic E-state index is -0.666. The maximum Gasteiger partial charge on any atom is 0.247 e. The van der Waals surface area contributed by atoms with Crippen molar-refractivity contribution in [3.63, 3.8) is 0 Å². The Morgan fingerprint density at radius 3 is 2.50 bits per heavy atom. The Morgan fingerprint density at radius 1 is 1.18 bits per heavy atom. The molecule has 1 aromatic rings. The fourth-order valence-electron chi connectivity index (χ4n) is 7.31. The number of likely N-dealkylation sites (tertiary alicyclic amines) is 1. The first-order valence-electron chi connectivity index (χ1n) is 14.8. The second kappa shape index (κ2) is 12.9. The van der Waals surface area contributed by atoms with E-state index in [4.69, 9.17) is 0 Å². The highest BCUT2D eigenvalue weighted by Gasteiger charge is 2.76. The summed E-state index contributed by atoms with van der Waals surface area (Å²) in [7, 11) is 0. The molecule has 7 nitrogen and oxygen atoms in total. The molecule has 4 rings (SSSR count). The van der Waals surface area contributed by atoms with Crippen LogP contribution in [0.2, 0.25) is 0 Å². The number of unbranched alkanes of at least 4 members (excludes halogenated alkanes) is 1. The topological polar surface area (TPSA) is 81.2 Å². The summed E-state index contributed by atoms with van der Waals surface area (Å²) in [5.74, 6) is -1.17. The van der Waals surface area contributed by atoms with Crippen molar-refractivity contribution in [2.75, 3.05) is 31.1 Å². The van der Waals surface area contributed by atoms with Gasteiger partial charge in [-0.1, -0.05) is 50.6 Å². The number of nitrogens with zero attached hydrogens (tertiary/aromatic N) is 3. The summed E-state index contributed by atoms with van der Waals surface area (Å²) in [4.78, 5) is 48.7. The lowest BCUT2D eigenvalue weighted by atomic mass is 9.65. The number of thioether (sulfide) groups is 1. The van der Waals surface area contributed by atoms with Crippen LogP contribution in [-0.4, -0.2) is 80.9 Å². The van der Waals surface area contributed by atoms with E-state index in [0.717, 1.165) is 24.9 Å². The van der Waals surface area contributed by atoms with Gasteiger partial charge in [0.15, 0.2) is 0 Å². The predicted molar refractivity (Wildman–Crippen MR) is 162 cm³/mol. The van der Waals surface area contributed by atoms with Gasteiger partial charge in [0, 0.05) is 43.2 Å². The van der Waals surface area contributed by atoms with Crippen molar-refractivity contribution in [2.24, 2.45) is 17.8 Å². The summed E-state index contributed by atoms with van der Waals surface area (Å²) in [6.07, 6.45) is 7.24. The fraction of sp³-hybridized carbons (Fsp3) is 0.594. The first kappa shape index (κ1) is 30.4. The number of benzene rings is 1. The van der Waals surface area contributed by atoms with Gasteiger partial charge in [-0.2, -0.15) is 0 Å². The average molecular weight is 568 g/mol. The molecule has 40 heavy (non-hydrogen) atoms. The zero-order valence-corrected chi connectivity index (χ0v) is 25.0. The van der Waals surface area contributed by atoms with Crippen molar-refractivity contribution in [3.8, 4) is 0 Å². The second-order valence-corrected chi connectivity index (χ2v) is 13.1. The summed E-state index contributed by atoms with van der Waals surface area (Å²) in [5.41, 5.74) is 0.783. The van der Waals surface area contributed by atoms with Gasteiger partial charge in [0.25, 0.3) is 0 Å². The van der Waals surface area contributed by atoms with E-state index >= 15 is 0 Å². The molecule has 3 amide bonds. The highest BCUT2D eigenvalue weighted by molar-refractivity contribution is 8.02. The Labute approximate surface area is 243 Å². The van der Waals surface area contributed by atoms with Crippen molar-refractivity contribution < 1.29 is 19.5 Å². The van der Waals surface area contributed by atoms with Crippen LogP contribution >= 0.6 is 11.8 Å². The number of rotatable bonds is 14. The van der Waals surface area contributed by atoms with Crippen LogP contribution in [0.15, 0.2) is 55.6 Å². The number of para-hydroxylation sites is 1. The van der Waals surface area contributed by atoms with Crippen LogP contribution in [0.25, 0.3) is 0 Å². The lowest BCUT2D eigenvalue weighted by Gasteiger charge is -2.42. The zero-order valence-electron chi connectivity index (χ0n) is 24.2. The minimum Gasteiger partial charge on any atom is -0.396 e. The summed E-state index contributed by atoms with van der Waals surface area (Å²) >= 11 is 1.71. The van der Waals surface area contributed by atoms with Gasteiger partial charge in [0.2, 0.25) is 17.7 Å². The average Bonchev–Trinajstić information content (AvgIpc) is 3.54. The molecule has 3 fully saturated rings. The Balaban J connectivity index is 1.77. The Hall–Kier alpha value is -2.58. The number of hydrogen-bond acceptors (Lipinski definition) is 5.